The molecule has 2 atom stereocenters. The molecule has 2 saturated heterocycles. The lowest BCUT2D eigenvalue weighted by atomic mass is 9.85. The molecule has 0 radical (unpaired) electrons. The molecule has 0 bridgehead atoms. The third kappa shape index (κ3) is 8.41. The van der Waals surface area contributed by atoms with Gasteiger partial charge in [0.2, 0.25) is 11.7 Å². The number of nitrogens with zero attached hydrogens (tertiary/aromatic N) is 6. The zero-order valence-corrected chi connectivity index (χ0v) is 29.7. The van der Waals surface area contributed by atoms with Crippen LogP contribution in [0.5, 0.6) is 0 Å². The van der Waals surface area contributed by atoms with E-state index in [0.29, 0.717) is 0 Å². The van der Waals surface area contributed by atoms with Gasteiger partial charge in [-0.05, 0) is 51.2 Å². The summed E-state index contributed by atoms with van der Waals surface area (Å²) < 4.78 is 25.9. The summed E-state index contributed by atoms with van der Waals surface area (Å²) in [6, 6.07) is 2.69. The number of nitro groups is 1. The number of nitro benzene ring substituents is 1. The number of hydrogen-bond acceptors (Lipinski definition) is 12. The maximum Gasteiger partial charge on any atom is 0.287 e. The van der Waals surface area contributed by atoms with Gasteiger partial charge in [-0.1, -0.05) is 37.3 Å². The number of aliphatic imine (C=N–C) groups is 1. The summed E-state index contributed by atoms with van der Waals surface area (Å²) in [5.74, 6) is -5.94. The van der Waals surface area contributed by atoms with Crippen LogP contribution in [0, 0.1) is 16.0 Å². The van der Waals surface area contributed by atoms with E-state index < -0.39 is 91.7 Å². The molecule has 52 heavy (non-hydrogen) atoms. The molecule has 1 saturated carbocycles. The summed E-state index contributed by atoms with van der Waals surface area (Å²) in [6.07, 6.45) is 4.94. The lowest BCUT2D eigenvalue weighted by molar-refractivity contribution is -0.384. The van der Waals surface area contributed by atoms with Gasteiger partial charge in [0.05, 0.1) is 34.4 Å². The Hall–Kier alpha value is -4.91. The maximum atomic E-state index is 14.6. The number of carbonyl (C=O) groups excluding carboxylic acids is 5. The summed E-state index contributed by atoms with van der Waals surface area (Å²) in [4.78, 5) is 83.5. The van der Waals surface area contributed by atoms with Crippen LogP contribution >= 0.6 is 0 Å². The molecule has 1 aromatic carbocycles. The summed E-state index contributed by atoms with van der Waals surface area (Å²) in [6.45, 7) is 2.86. The van der Waals surface area contributed by atoms with E-state index in [9.17, 15) is 47.6 Å². The van der Waals surface area contributed by atoms with Crippen LogP contribution in [0.4, 0.5) is 5.69 Å². The average molecular weight is 743 g/mol. The third-order valence-electron chi connectivity index (χ3n) is 10.1. The second-order valence-corrected chi connectivity index (χ2v) is 16.6. The van der Waals surface area contributed by atoms with Crippen molar-refractivity contribution in [3.63, 3.8) is 0 Å². The van der Waals surface area contributed by atoms with Gasteiger partial charge in [0.1, 0.15) is 22.9 Å². The van der Waals surface area contributed by atoms with Crippen molar-refractivity contribution in [2.75, 3.05) is 18.1 Å². The number of sulfone groups is 1. The number of nitrogens with one attached hydrogen (secondary N) is 1. The van der Waals surface area contributed by atoms with E-state index in [0.717, 1.165) is 44.2 Å². The molecule has 5 rings (SSSR count). The van der Waals surface area contributed by atoms with Crippen LogP contribution in [0.2, 0.25) is 0 Å². The van der Waals surface area contributed by atoms with Crippen LogP contribution in [0.15, 0.2) is 35.5 Å². The number of Topliss-reactive ketones (excluding diaryl/α,β-unsaturated/α-hetero) is 1. The number of carbonyl (C=O) groups is 5. The largest absolute Gasteiger partial charge is 0.384 e. The quantitative estimate of drug-likeness (QED) is 0.126. The van der Waals surface area contributed by atoms with Crippen molar-refractivity contribution in [1.29, 1.82) is 0 Å². The fraction of sp³-hybridized carbons (Fsp3) is 0.576. The van der Waals surface area contributed by atoms with E-state index in [-0.39, 0.29) is 48.0 Å². The number of nitrogens with two attached hydrogens (primary N) is 1. The Morgan fingerprint density at radius 3 is 2.31 bits per heavy atom. The Labute approximate surface area is 299 Å². The van der Waals surface area contributed by atoms with Gasteiger partial charge in [-0.3, -0.25) is 34.1 Å². The number of aliphatic hydroxyl groups is 1. The minimum atomic E-state index is -3.56. The molecule has 4 N–H and O–H groups in total. The van der Waals surface area contributed by atoms with Crippen molar-refractivity contribution >= 4 is 50.6 Å². The topological polar surface area (TPSA) is 267 Å². The van der Waals surface area contributed by atoms with E-state index in [2.05, 4.69) is 20.6 Å². The van der Waals surface area contributed by atoms with E-state index in [1.165, 1.54) is 41.8 Å². The summed E-state index contributed by atoms with van der Waals surface area (Å²) in [5, 5.41) is 32.6. The fourth-order valence-electron chi connectivity index (χ4n) is 7.19. The number of ketones is 1. The standard InChI is InChI=1S/C33H42N8O10S/c1-32(2,47)26-18-35-38-40(26)23-17-25(30(45)37-33(27(42)28(34)43)12-14-52(50,51)15-13-33)39(19-23)31(46)24(16-20-6-4-3-5-7-20)36-29(44)21-8-10-22(11-9-21)41(48)49/h8-11,18,20,23,25,47H,3-7,12-17,19H2,1-2H3,(H2,34,43)(H,37,45)/t23-,25-/m0/s1. The molecule has 3 fully saturated rings. The van der Waals surface area contributed by atoms with Gasteiger partial charge in [-0.15, -0.1) is 5.10 Å². The number of amides is 4. The second kappa shape index (κ2) is 15.0. The fourth-order valence-corrected chi connectivity index (χ4v) is 8.71. The lowest BCUT2D eigenvalue weighted by Crippen LogP contribution is -2.64. The highest BCUT2D eigenvalue weighted by Gasteiger charge is 2.50. The van der Waals surface area contributed by atoms with Gasteiger partial charge >= 0.3 is 0 Å². The van der Waals surface area contributed by atoms with Crippen molar-refractivity contribution in [2.45, 2.75) is 94.9 Å². The first-order valence-electron chi connectivity index (χ1n) is 17.1. The molecule has 19 heteroatoms. The first kappa shape index (κ1) is 38.3. The predicted octanol–water partition coefficient (Wildman–Crippen LogP) is 0.926. The number of primary amides is 1. The van der Waals surface area contributed by atoms with Gasteiger partial charge in [-0.2, -0.15) is 0 Å². The Bertz CT molecular complexity index is 1880. The number of rotatable bonds is 11. The molecular formula is C33H42N8O10S. The van der Waals surface area contributed by atoms with Crippen LogP contribution in [-0.4, -0.2) is 103 Å². The van der Waals surface area contributed by atoms with E-state index in [1.807, 2.05) is 0 Å². The molecule has 0 spiro atoms. The van der Waals surface area contributed by atoms with E-state index in [4.69, 9.17) is 5.73 Å². The van der Waals surface area contributed by atoms with Crippen molar-refractivity contribution in [1.82, 2.24) is 25.2 Å². The SMILES string of the molecule is CC(C)(O)c1cnnn1[C@H]1C[C@@H](C(=O)NC2(C(=O)C(N)=O)CCS(=O)(=O)CC2)N(C(=O)C(CC2CCCCC2)=NC(=O)c2ccc([N+](=O)[O-])cc2)C1. The smallest absolute Gasteiger partial charge is 0.287 e. The van der Waals surface area contributed by atoms with Crippen molar-refractivity contribution in [2.24, 2.45) is 16.6 Å². The first-order chi connectivity index (χ1) is 24.4. The number of likely N-dealkylation sites (tertiary alicyclic amines) is 1. The van der Waals surface area contributed by atoms with Crippen LogP contribution in [0.25, 0.3) is 0 Å². The van der Waals surface area contributed by atoms with Gasteiger partial charge in [0.25, 0.3) is 23.4 Å². The average Bonchev–Trinajstić information content (AvgIpc) is 3.77. The second-order valence-electron chi connectivity index (χ2n) is 14.3. The molecule has 1 aromatic heterocycles. The van der Waals surface area contributed by atoms with E-state index in [1.54, 1.807) is 0 Å². The molecule has 3 aliphatic rings. The summed E-state index contributed by atoms with van der Waals surface area (Å²) >= 11 is 0. The molecule has 0 unspecified atom stereocenters. The molecular weight excluding hydrogens is 700 g/mol. The summed E-state index contributed by atoms with van der Waals surface area (Å²) in [5.41, 5.74) is 1.90. The van der Waals surface area contributed by atoms with Crippen molar-refractivity contribution in [3.8, 4) is 0 Å². The highest BCUT2D eigenvalue weighted by atomic mass is 32.2. The van der Waals surface area contributed by atoms with Crippen molar-refractivity contribution in [3.05, 3.63) is 51.8 Å². The van der Waals surface area contributed by atoms with Gasteiger partial charge in [-0.25, -0.2) is 18.1 Å². The van der Waals surface area contributed by atoms with Crippen LogP contribution in [0.1, 0.15) is 93.7 Å². The normalized spacial score (nSPS) is 22.1. The van der Waals surface area contributed by atoms with Crippen LogP contribution in [-0.2, 0) is 34.6 Å². The van der Waals surface area contributed by atoms with Crippen LogP contribution < -0.4 is 11.1 Å². The molecule has 2 aliphatic heterocycles. The minimum absolute atomic E-state index is 0.00420. The number of aromatic nitrogens is 3. The first-order valence-corrected chi connectivity index (χ1v) is 18.9. The Kier molecular flexibility index (Phi) is 11.0. The zero-order valence-electron chi connectivity index (χ0n) is 28.9. The lowest BCUT2D eigenvalue weighted by Gasteiger charge is -2.37. The van der Waals surface area contributed by atoms with Gasteiger partial charge in [0, 0.05) is 30.7 Å². The summed E-state index contributed by atoms with van der Waals surface area (Å²) in [7, 11) is -3.56. The van der Waals surface area contributed by atoms with Crippen molar-refractivity contribution < 1.29 is 42.4 Å². The Morgan fingerprint density at radius 1 is 1.10 bits per heavy atom. The van der Waals surface area contributed by atoms with Gasteiger partial charge in [0.15, 0.2) is 9.84 Å². The molecule has 280 valence electrons. The highest BCUT2D eigenvalue weighted by molar-refractivity contribution is 7.91. The Balaban J connectivity index is 1.53. The highest BCUT2D eigenvalue weighted by Crippen LogP contribution is 2.34. The Morgan fingerprint density at radius 2 is 1.73 bits per heavy atom. The number of benzene rings is 1. The maximum absolute atomic E-state index is 14.6. The van der Waals surface area contributed by atoms with E-state index >= 15 is 0 Å². The molecule has 2 aromatic rings. The monoisotopic (exact) mass is 742 g/mol. The molecule has 3 heterocycles. The van der Waals surface area contributed by atoms with Crippen LogP contribution in [0.3, 0.4) is 0 Å². The third-order valence-corrected chi connectivity index (χ3v) is 11.8. The molecule has 1 aliphatic carbocycles. The van der Waals surface area contributed by atoms with Gasteiger partial charge < -0.3 is 21.1 Å². The molecule has 4 amide bonds. The zero-order chi connectivity index (χ0) is 38.0. The number of non-ortho nitro benzene ring substituents is 1. The minimum Gasteiger partial charge on any atom is -0.384 e. The molecule has 18 nitrogen and oxygen atoms in total. The number of hydrogen-bond donors (Lipinski definition) is 3. The predicted molar refractivity (Wildman–Crippen MR) is 183 cm³/mol.